The van der Waals surface area contributed by atoms with Gasteiger partial charge in [-0.25, -0.2) is 24.5 Å². The number of nitrogens with zero attached hydrogens (tertiary/aromatic N) is 2. The summed E-state index contributed by atoms with van der Waals surface area (Å²) in [5, 5.41) is 7.78. The fraction of sp³-hybridized carbons (Fsp3) is 0.619. The highest BCUT2D eigenvalue weighted by molar-refractivity contribution is 6.34. The Bertz CT molecular complexity index is 759. The van der Waals surface area contributed by atoms with E-state index in [1.165, 1.54) is 6.07 Å². The van der Waals surface area contributed by atoms with Crippen LogP contribution >= 0.6 is 11.6 Å². The fourth-order valence-corrected chi connectivity index (χ4v) is 2.80. The van der Waals surface area contributed by atoms with Crippen molar-refractivity contribution in [1.29, 1.82) is 0 Å². The summed E-state index contributed by atoms with van der Waals surface area (Å²) in [5.41, 5.74) is 6.74. The molecular formula is C21H36ClF2N5O2. The lowest BCUT2D eigenvalue weighted by molar-refractivity contribution is -0.124. The number of rotatable bonds is 4. The first-order chi connectivity index (χ1) is 14.3. The third kappa shape index (κ3) is 9.26. The van der Waals surface area contributed by atoms with Gasteiger partial charge in [0.1, 0.15) is 5.60 Å². The van der Waals surface area contributed by atoms with Crippen molar-refractivity contribution < 1.29 is 18.3 Å². The zero-order chi connectivity index (χ0) is 24.6. The normalized spacial score (nSPS) is 15.4. The highest BCUT2D eigenvalue weighted by atomic mass is 35.5. The first kappa shape index (κ1) is 28.9. The lowest BCUT2D eigenvalue weighted by Gasteiger charge is -2.38. The van der Waals surface area contributed by atoms with Gasteiger partial charge in [0.25, 0.3) is 5.92 Å². The van der Waals surface area contributed by atoms with Crippen LogP contribution in [0.1, 0.15) is 72.4 Å². The second kappa shape index (κ2) is 12.0. The number of amides is 1. The molecule has 1 aliphatic carbocycles. The minimum absolute atomic E-state index is 0.0223. The van der Waals surface area contributed by atoms with Gasteiger partial charge in [0.2, 0.25) is 0 Å². The second-order valence-electron chi connectivity index (χ2n) is 7.56. The lowest BCUT2D eigenvalue weighted by Crippen LogP contribution is -2.52. The van der Waals surface area contributed by atoms with Crippen molar-refractivity contribution in [3.05, 3.63) is 28.3 Å². The standard InChI is InChI=1S/C17H24ClF2N5O2.2C2H6/c1-9-5-12(18)13(23-15(26)27-16(2,3)4)6-11(9)14(21)24-25(22)10-7-17(19,20)8-10;2*1-2/h5-6,10H,7-8,22H2,1-4H3,(H2,21,24)(H,23,26);2*1-2H3. The topological polar surface area (TPSA) is 106 Å². The van der Waals surface area contributed by atoms with Crippen LogP contribution in [0.15, 0.2) is 17.2 Å². The van der Waals surface area contributed by atoms with Crippen LogP contribution < -0.4 is 16.9 Å². The lowest BCUT2D eigenvalue weighted by atomic mass is 9.88. The number of hydrogen-bond donors (Lipinski definition) is 3. The largest absolute Gasteiger partial charge is 0.444 e. The minimum Gasteiger partial charge on any atom is -0.444 e. The van der Waals surface area contributed by atoms with Gasteiger partial charge in [-0.15, -0.1) is 5.10 Å². The van der Waals surface area contributed by atoms with E-state index in [0.717, 1.165) is 5.12 Å². The fourth-order valence-electron chi connectivity index (χ4n) is 2.53. The maximum absolute atomic E-state index is 13.0. The molecule has 1 aromatic rings. The number of nitrogens with one attached hydrogen (secondary N) is 1. The average Bonchev–Trinajstić information content (AvgIpc) is 2.63. The van der Waals surface area contributed by atoms with E-state index in [9.17, 15) is 13.6 Å². The minimum atomic E-state index is -2.72. The molecule has 31 heavy (non-hydrogen) atoms. The summed E-state index contributed by atoms with van der Waals surface area (Å²) < 4.78 is 31.2. The van der Waals surface area contributed by atoms with Gasteiger partial charge in [0.15, 0.2) is 5.84 Å². The smallest absolute Gasteiger partial charge is 0.412 e. The molecule has 0 unspecified atom stereocenters. The van der Waals surface area contributed by atoms with Crippen molar-refractivity contribution in [3.63, 3.8) is 0 Å². The molecule has 7 nitrogen and oxygen atoms in total. The van der Waals surface area contributed by atoms with Gasteiger partial charge in [0.05, 0.1) is 16.8 Å². The van der Waals surface area contributed by atoms with E-state index in [2.05, 4.69) is 10.4 Å². The summed E-state index contributed by atoms with van der Waals surface area (Å²) in [6.45, 7) is 15.0. The van der Waals surface area contributed by atoms with Gasteiger partial charge in [-0.3, -0.25) is 5.32 Å². The van der Waals surface area contributed by atoms with E-state index in [1.807, 2.05) is 27.7 Å². The number of anilines is 1. The van der Waals surface area contributed by atoms with Gasteiger partial charge < -0.3 is 10.5 Å². The molecule has 1 amide bonds. The number of carbonyl (C=O) groups is 1. The molecule has 0 saturated heterocycles. The molecule has 5 N–H and O–H groups in total. The van der Waals surface area contributed by atoms with Crippen molar-refractivity contribution in [1.82, 2.24) is 5.12 Å². The van der Waals surface area contributed by atoms with E-state index in [-0.39, 0.29) is 29.4 Å². The number of carbonyl (C=O) groups excluding carboxylic acids is 1. The van der Waals surface area contributed by atoms with E-state index >= 15 is 0 Å². The number of hydrazone groups is 1. The zero-order valence-electron chi connectivity index (χ0n) is 19.6. The number of halogens is 3. The van der Waals surface area contributed by atoms with Crippen LogP contribution in [-0.2, 0) is 4.74 Å². The molecule has 0 atom stereocenters. The Hall–Kier alpha value is -2.13. The number of alkyl halides is 2. The number of hydrazine groups is 1. The molecular weight excluding hydrogens is 428 g/mol. The summed E-state index contributed by atoms with van der Waals surface area (Å²) >= 11 is 6.17. The van der Waals surface area contributed by atoms with Crippen LogP contribution in [0, 0.1) is 6.92 Å². The second-order valence-corrected chi connectivity index (χ2v) is 7.96. The summed E-state index contributed by atoms with van der Waals surface area (Å²) in [5.74, 6) is 3.03. The van der Waals surface area contributed by atoms with Gasteiger partial charge in [-0.05, 0) is 45.4 Å². The molecule has 0 bridgehead atoms. The van der Waals surface area contributed by atoms with Crippen LogP contribution in [0.3, 0.4) is 0 Å². The van der Waals surface area contributed by atoms with Gasteiger partial charge in [0, 0.05) is 18.4 Å². The number of amidine groups is 1. The van der Waals surface area contributed by atoms with Crippen LogP contribution in [0.5, 0.6) is 0 Å². The maximum atomic E-state index is 13.0. The van der Waals surface area contributed by atoms with E-state index in [1.54, 1.807) is 33.8 Å². The molecule has 1 aliphatic rings. The molecule has 0 aromatic heterocycles. The predicted octanol–water partition coefficient (Wildman–Crippen LogP) is 5.64. The summed E-state index contributed by atoms with van der Waals surface area (Å²) in [6, 6.07) is 2.55. The molecule has 2 rings (SSSR count). The molecule has 1 saturated carbocycles. The quantitative estimate of drug-likeness (QED) is 0.232. The number of nitrogens with two attached hydrogens (primary N) is 2. The third-order valence-corrected chi connectivity index (χ3v) is 4.20. The van der Waals surface area contributed by atoms with Crippen LogP contribution in [0.4, 0.5) is 19.3 Å². The van der Waals surface area contributed by atoms with Crippen molar-refractivity contribution in [2.24, 2.45) is 16.7 Å². The molecule has 1 aromatic carbocycles. The number of ether oxygens (including phenoxy) is 1. The summed E-state index contributed by atoms with van der Waals surface area (Å²) in [7, 11) is 0. The molecule has 178 valence electrons. The zero-order valence-corrected chi connectivity index (χ0v) is 20.4. The Balaban J connectivity index is 0.00000212. The first-order valence-corrected chi connectivity index (χ1v) is 10.7. The molecule has 1 fully saturated rings. The number of aryl methyl sites for hydroxylation is 1. The highest BCUT2D eigenvalue weighted by Crippen LogP contribution is 2.39. The predicted molar refractivity (Wildman–Crippen MR) is 123 cm³/mol. The van der Waals surface area contributed by atoms with Crippen LogP contribution in [0.25, 0.3) is 0 Å². The molecule has 0 heterocycles. The molecule has 0 spiro atoms. The third-order valence-electron chi connectivity index (χ3n) is 3.89. The monoisotopic (exact) mass is 463 g/mol. The molecule has 10 heteroatoms. The Morgan fingerprint density at radius 3 is 2.23 bits per heavy atom. The highest BCUT2D eigenvalue weighted by Gasteiger charge is 2.47. The van der Waals surface area contributed by atoms with Gasteiger partial charge in [-0.2, -0.15) is 0 Å². The summed E-state index contributed by atoms with van der Waals surface area (Å²) in [6.07, 6.45) is -1.41. The van der Waals surface area contributed by atoms with Gasteiger partial charge >= 0.3 is 6.09 Å². The Morgan fingerprint density at radius 1 is 1.26 bits per heavy atom. The van der Waals surface area contributed by atoms with Crippen molar-refractivity contribution in [3.8, 4) is 0 Å². The SMILES string of the molecule is CC.CC.Cc1cc(Cl)c(NC(=O)OC(C)(C)C)cc1/C(N)=N/N(N)C1CC(F)(F)C1. The van der Waals surface area contributed by atoms with Gasteiger partial charge in [-0.1, -0.05) is 39.3 Å². The van der Waals surface area contributed by atoms with Crippen molar-refractivity contribution in [2.75, 3.05) is 5.32 Å². The van der Waals surface area contributed by atoms with Crippen LogP contribution in [0.2, 0.25) is 5.02 Å². The molecule has 0 aliphatic heterocycles. The van der Waals surface area contributed by atoms with Crippen molar-refractivity contribution >= 4 is 29.2 Å². The molecule has 0 radical (unpaired) electrons. The van der Waals surface area contributed by atoms with E-state index in [4.69, 9.17) is 27.9 Å². The Morgan fingerprint density at radius 2 is 1.77 bits per heavy atom. The number of hydrogen-bond acceptors (Lipinski definition) is 5. The average molecular weight is 464 g/mol. The summed E-state index contributed by atoms with van der Waals surface area (Å²) in [4.78, 5) is 12.0. The first-order valence-electron chi connectivity index (χ1n) is 10.3. The van der Waals surface area contributed by atoms with E-state index < -0.39 is 23.7 Å². The van der Waals surface area contributed by atoms with Crippen molar-refractivity contribution in [2.45, 2.75) is 85.8 Å². The maximum Gasteiger partial charge on any atom is 0.412 e. The van der Waals surface area contributed by atoms with E-state index in [0.29, 0.717) is 11.1 Å². The number of benzene rings is 1. The Kier molecular flexibility index (Phi) is 11.2. The Labute approximate surface area is 189 Å². The van der Waals surface area contributed by atoms with Crippen LogP contribution in [-0.4, -0.2) is 34.6 Å².